The summed E-state index contributed by atoms with van der Waals surface area (Å²) in [6.07, 6.45) is 0. The van der Waals surface area contributed by atoms with E-state index in [2.05, 4.69) is 108 Å². The minimum Gasteiger partial charge on any atom is -0.355 e. The largest absolute Gasteiger partial charge is 0.355 e. The van der Waals surface area contributed by atoms with Crippen molar-refractivity contribution in [3.63, 3.8) is 0 Å². The summed E-state index contributed by atoms with van der Waals surface area (Å²) < 4.78 is 13.9. The van der Waals surface area contributed by atoms with Crippen molar-refractivity contribution < 1.29 is 4.39 Å². The highest BCUT2D eigenvalue weighted by Crippen LogP contribution is 2.37. The van der Waals surface area contributed by atoms with Crippen molar-refractivity contribution in [3.8, 4) is 33.4 Å². The molecular formula is C34H24FN. The van der Waals surface area contributed by atoms with Gasteiger partial charge in [-0.25, -0.2) is 4.39 Å². The minimum atomic E-state index is -0.224. The van der Waals surface area contributed by atoms with Crippen LogP contribution in [0.25, 0.3) is 44.2 Å². The van der Waals surface area contributed by atoms with Crippen LogP contribution >= 0.6 is 0 Å². The molecule has 0 saturated heterocycles. The standard InChI is InChI=1S/C34H24FN/c35-27-12-8-11-26(23-27)30-22-21-29(32-14-4-5-15-33(30)32)25-17-19-28(20-18-25)36-34-16-7-6-13-31(34)24-9-2-1-3-10-24/h1-23,36H. The summed E-state index contributed by atoms with van der Waals surface area (Å²) in [5.74, 6) is -0.224. The van der Waals surface area contributed by atoms with E-state index in [0.29, 0.717) is 0 Å². The Morgan fingerprint density at radius 2 is 1.00 bits per heavy atom. The molecule has 0 atom stereocenters. The van der Waals surface area contributed by atoms with Gasteiger partial charge in [-0.2, -0.15) is 0 Å². The molecule has 6 rings (SSSR count). The maximum absolute atomic E-state index is 13.9. The molecule has 0 unspecified atom stereocenters. The van der Waals surface area contributed by atoms with Gasteiger partial charge in [0.25, 0.3) is 0 Å². The molecule has 0 aliphatic rings. The average molecular weight is 466 g/mol. The van der Waals surface area contributed by atoms with Crippen molar-refractivity contribution in [2.24, 2.45) is 0 Å². The van der Waals surface area contributed by atoms with Crippen molar-refractivity contribution >= 4 is 22.1 Å². The fraction of sp³-hybridized carbons (Fsp3) is 0. The maximum atomic E-state index is 13.9. The summed E-state index contributed by atoms with van der Waals surface area (Å²) in [6, 6.07) is 46.6. The van der Waals surface area contributed by atoms with Gasteiger partial charge in [-0.3, -0.25) is 0 Å². The van der Waals surface area contributed by atoms with Crippen LogP contribution in [0.5, 0.6) is 0 Å². The van der Waals surface area contributed by atoms with Gasteiger partial charge < -0.3 is 5.32 Å². The van der Waals surface area contributed by atoms with Gasteiger partial charge in [0, 0.05) is 16.9 Å². The van der Waals surface area contributed by atoms with Crippen LogP contribution in [0.15, 0.2) is 140 Å². The lowest BCUT2D eigenvalue weighted by Crippen LogP contribution is -1.93. The molecule has 1 nitrogen and oxygen atoms in total. The summed E-state index contributed by atoms with van der Waals surface area (Å²) in [7, 11) is 0. The summed E-state index contributed by atoms with van der Waals surface area (Å²) in [5.41, 5.74) is 8.66. The van der Waals surface area contributed by atoms with Crippen LogP contribution in [0.4, 0.5) is 15.8 Å². The van der Waals surface area contributed by atoms with Gasteiger partial charge in [-0.15, -0.1) is 0 Å². The van der Waals surface area contributed by atoms with Crippen molar-refractivity contribution in [1.82, 2.24) is 0 Å². The van der Waals surface area contributed by atoms with E-state index >= 15 is 0 Å². The van der Waals surface area contributed by atoms with Crippen LogP contribution in [0.1, 0.15) is 0 Å². The lowest BCUT2D eigenvalue weighted by molar-refractivity contribution is 0.628. The number of hydrogen-bond acceptors (Lipinski definition) is 1. The summed E-state index contributed by atoms with van der Waals surface area (Å²) in [4.78, 5) is 0. The van der Waals surface area contributed by atoms with Crippen molar-refractivity contribution in [2.45, 2.75) is 0 Å². The number of para-hydroxylation sites is 1. The molecule has 2 heteroatoms. The molecule has 0 fully saturated rings. The molecular weight excluding hydrogens is 441 g/mol. The molecule has 0 saturated carbocycles. The SMILES string of the molecule is Fc1cccc(-c2ccc(-c3ccc(Nc4ccccc4-c4ccccc4)cc3)c3ccccc23)c1. The fourth-order valence-electron chi connectivity index (χ4n) is 4.81. The molecule has 1 N–H and O–H groups in total. The predicted molar refractivity (Wildman–Crippen MR) is 150 cm³/mol. The van der Waals surface area contributed by atoms with Gasteiger partial charge in [0.15, 0.2) is 0 Å². The van der Waals surface area contributed by atoms with Gasteiger partial charge in [0.05, 0.1) is 0 Å². The Morgan fingerprint density at radius 3 is 1.72 bits per heavy atom. The van der Waals surface area contributed by atoms with E-state index in [9.17, 15) is 4.39 Å². The van der Waals surface area contributed by atoms with Gasteiger partial charge in [0.2, 0.25) is 0 Å². The molecule has 0 aliphatic heterocycles. The lowest BCUT2D eigenvalue weighted by atomic mass is 9.92. The Balaban J connectivity index is 1.34. The number of benzene rings is 6. The Hall–Kier alpha value is -4.69. The maximum Gasteiger partial charge on any atom is 0.123 e. The summed E-state index contributed by atoms with van der Waals surface area (Å²) in [6.45, 7) is 0. The Kier molecular flexibility index (Phi) is 5.77. The van der Waals surface area contributed by atoms with E-state index < -0.39 is 0 Å². The van der Waals surface area contributed by atoms with Gasteiger partial charge >= 0.3 is 0 Å². The lowest BCUT2D eigenvalue weighted by Gasteiger charge is -2.14. The summed E-state index contributed by atoms with van der Waals surface area (Å²) in [5, 5.41) is 5.85. The highest BCUT2D eigenvalue weighted by atomic mass is 19.1. The number of halogens is 1. The second kappa shape index (κ2) is 9.52. The number of rotatable bonds is 5. The monoisotopic (exact) mass is 465 g/mol. The second-order valence-electron chi connectivity index (χ2n) is 8.83. The van der Waals surface area contributed by atoms with Crippen molar-refractivity contribution in [1.29, 1.82) is 0 Å². The first-order valence-corrected chi connectivity index (χ1v) is 12.1. The number of nitrogens with one attached hydrogen (secondary N) is 1. The third-order valence-corrected chi connectivity index (χ3v) is 6.55. The molecule has 0 amide bonds. The highest BCUT2D eigenvalue weighted by Gasteiger charge is 2.10. The number of fused-ring (bicyclic) bond motifs is 1. The molecule has 0 heterocycles. The van der Waals surface area contributed by atoms with Crippen LogP contribution < -0.4 is 5.32 Å². The van der Waals surface area contributed by atoms with E-state index in [1.165, 1.54) is 17.2 Å². The van der Waals surface area contributed by atoms with E-state index in [4.69, 9.17) is 0 Å². The Labute approximate surface area is 210 Å². The van der Waals surface area contributed by atoms with Crippen LogP contribution in [-0.2, 0) is 0 Å². The minimum absolute atomic E-state index is 0.224. The Bertz CT molecular complexity index is 1650. The van der Waals surface area contributed by atoms with Gasteiger partial charge in [-0.1, -0.05) is 109 Å². The zero-order chi connectivity index (χ0) is 24.3. The average Bonchev–Trinajstić information content (AvgIpc) is 2.94. The fourth-order valence-corrected chi connectivity index (χ4v) is 4.81. The van der Waals surface area contributed by atoms with Crippen LogP contribution in [0.2, 0.25) is 0 Å². The second-order valence-corrected chi connectivity index (χ2v) is 8.83. The first-order chi connectivity index (χ1) is 17.8. The van der Waals surface area contributed by atoms with Gasteiger partial charge in [-0.05, 0) is 68.9 Å². The first-order valence-electron chi connectivity index (χ1n) is 12.1. The molecule has 172 valence electrons. The number of anilines is 2. The first kappa shape index (κ1) is 21.8. The van der Waals surface area contributed by atoms with Crippen LogP contribution in [-0.4, -0.2) is 0 Å². The zero-order valence-corrected chi connectivity index (χ0v) is 19.7. The van der Waals surface area contributed by atoms with Crippen molar-refractivity contribution in [3.05, 3.63) is 145 Å². The molecule has 0 spiro atoms. The Morgan fingerprint density at radius 1 is 0.417 bits per heavy atom. The molecule has 0 aromatic heterocycles. The predicted octanol–water partition coefficient (Wildman–Crippen LogP) is 9.72. The van der Waals surface area contributed by atoms with Crippen LogP contribution in [0.3, 0.4) is 0 Å². The molecule has 0 bridgehead atoms. The molecule has 6 aromatic rings. The van der Waals surface area contributed by atoms with E-state index in [-0.39, 0.29) is 5.82 Å². The van der Waals surface area contributed by atoms with Gasteiger partial charge in [0.1, 0.15) is 5.82 Å². The van der Waals surface area contributed by atoms with E-state index in [1.54, 1.807) is 12.1 Å². The molecule has 0 aliphatic carbocycles. The van der Waals surface area contributed by atoms with Crippen LogP contribution in [0, 0.1) is 5.82 Å². The smallest absolute Gasteiger partial charge is 0.123 e. The zero-order valence-electron chi connectivity index (χ0n) is 19.7. The third kappa shape index (κ3) is 4.25. The van der Waals surface area contributed by atoms with Crippen molar-refractivity contribution in [2.75, 3.05) is 5.32 Å². The molecule has 0 radical (unpaired) electrons. The molecule has 36 heavy (non-hydrogen) atoms. The van der Waals surface area contributed by atoms with E-state index in [0.717, 1.165) is 44.4 Å². The van der Waals surface area contributed by atoms with E-state index in [1.807, 2.05) is 18.2 Å². The third-order valence-electron chi connectivity index (χ3n) is 6.55. The molecule has 6 aromatic carbocycles. The quantitative estimate of drug-likeness (QED) is 0.267. The topological polar surface area (TPSA) is 12.0 Å². The summed E-state index contributed by atoms with van der Waals surface area (Å²) >= 11 is 0. The normalized spacial score (nSPS) is 10.9. The number of hydrogen-bond donors (Lipinski definition) is 1. The highest BCUT2D eigenvalue weighted by molar-refractivity contribution is 6.05.